The number of carbonyl (C=O) groups excluding carboxylic acids is 2. The number of amides is 1. The Morgan fingerprint density at radius 1 is 1.03 bits per heavy atom. The van der Waals surface area contributed by atoms with Crippen molar-refractivity contribution in [3.05, 3.63) is 92.4 Å². The van der Waals surface area contributed by atoms with Gasteiger partial charge in [-0.2, -0.15) is 5.10 Å². The number of esters is 1. The maximum atomic E-state index is 12.2. The fraction of sp³-hybridized carbons (Fsp3) is 0.125. The molecule has 1 amide bonds. The van der Waals surface area contributed by atoms with Crippen LogP contribution in [-0.2, 0) is 4.79 Å². The van der Waals surface area contributed by atoms with Gasteiger partial charge in [0, 0.05) is 15.9 Å². The number of carbonyl (C=O) groups is 2. The fourth-order valence-electron chi connectivity index (χ4n) is 2.65. The van der Waals surface area contributed by atoms with Crippen LogP contribution in [0.5, 0.6) is 11.5 Å². The predicted molar refractivity (Wildman–Crippen MR) is 132 cm³/mol. The minimum Gasteiger partial charge on any atom is -0.492 e. The van der Waals surface area contributed by atoms with Crippen molar-refractivity contribution < 1.29 is 19.1 Å². The summed E-state index contributed by atoms with van der Waals surface area (Å²) in [5, 5.41) is 4.89. The Hall–Kier alpha value is -2.87. The molecule has 0 aliphatic rings. The van der Waals surface area contributed by atoms with E-state index in [4.69, 9.17) is 32.7 Å². The van der Waals surface area contributed by atoms with Gasteiger partial charge < -0.3 is 9.47 Å². The molecule has 0 spiro atoms. The van der Waals surface area contributed by atoms with E-state index in [1.807, 2.05) is 6.07 Å². The first kappa shape index (κ1) is 24.8. The molecule has 33 heavy (non-hydrogen) atoms. The number of rotatable bonds is 9. The number of benzene rings is 3. The molecule has 3 aromatic rings. The Labute approximate surface area is 209 Å². The van der Waals surface area contributed by atoms with Gasteiger partial charge in [-0.25, -0.2) is 10.2 Å². The van der Waals surface area contributed by atoms with E-state index in [2.05, 4.69) is 26.5 Å². The number of halogens is 3. The van der Waals surface area contributed by atoms with E-state index in [1.54, 1.807) is 60.7 Å². The van der Waals surface area contributed by atoms with E-state index in [-0.39, 0.29) is 12.3 Å². The van der Waals surface area contributed by atoms with Crippen molar-refractivity contribution >= 4 is 57.2 Å². The molecule has 0 heterocycles. The fourth-order valence-corrected chi connectivity index (χ4v) is 3.56. The Bertz CT molecular complexity index is 1150. The summed E-state index contributed by atoms with van der Waals surface area (Å²) in [6, 6.07) is 18.7. The maximum absolute atomic E-state index is 12.2. The van der Waals surface area contributed by atoms with Crippen LogP contribution in [0.25, 0.3) is 0 Å². The number of nitrogens with one attached hydrogen (secondary N) is 1. The van der Waals surface area contributed by atoms with Gasteiger partial charge in [-0.3, -0.25) is 4.79 Å². The quantitative estimate of drug-likeness (QED) is 0.112. The molecular formula is C24H19BrCl2N2O4. The summed E-state index contributed by atoms with van der Waals surface area (Å²) in [4.78, 5) is 24.1. The van der Waals surface area contributed by atoms with Crippen molar-refractivity contribution in [3.63, 3.8) is 0 Å². The van der Waals surface area contributed by atoms with Crippen LogP contribution in [0.15, 0.2) is 76.3 Å². The minimum absolute atomic E-state index is 0.240. The molecule has 0 radical (unpaired) electrons. The molecule has 0 aromatic heterocycles. The van der Waals surface area contributed by atoms with Crippen LogP contribution in [0, 0.1) is 0 Å². The molecule has 0 aliphatic carbocycles. The number of nitrogens with zero attached hydrogens (tertiary/aromatic N) is 1. The number of hydrogen-bond donors (Lipinski definition) is 1. The molecular weight excluding hydrogens is 531 g/mol. The summed E-state index contributed by atoms with van der Waals surface area (Å²) in [6.45, 7) is 0.332. The lowest BCUT2D eigenvalue weighted by atomic mass is 10.2. The van der Waals surface area contributed by atoms with Crippen LogP contribution >= 0.6 is 39.1 Å². The minimum atomic E-state index is -0.460. The highest BCUT2D eigenvalue weighted by Crippen LogP contribution is 2.27. The summed E-state index contributed by atoms with van der Waals surface area (Å²) in [7, 11) is 0. The van der Waals surface area contributed by atoms with E-state index in [1.165, 1.54) is 6.21 Å². The van der Waals surface area contributed by atoms with Crippen molar-refractivity contribution in [3.8, 4) is 11.5 Å². The van der Waals surface area contributed by atoms with Crippen molar-refractivity contribution in [1.29, 1.82) is 0 Å². The van der Waals surface area contributed by atoms with E-state index in [0.29, 0.717) is 44.6 Å². The first-order chi connectivity index (χ1) is 15.9. The van der Waals surface area contributed by atoms with Crippen molar-refractivity contribution in [2.45, 2.75) is 12.8 Å². The lowest BCUT2D eigenvalue weighted by Crippen LogP contribution is -2.18. The largest absolute Gasteiger partial charge is 0.492 e. The number of ether oxygens (including phenoxy) is 2. The molecule has 3 aromatic carbocycles. The van der Waals surface area contributed by atoms with E-state index >= 15 is 0 Å². The molecule has 0 unspecified atom stereocenters. The third-order valence-corrected chi connectivity index (χ3v) is 5.51. The first-order valence-electron chi connectivity index (χ1n) is 9.89. The molecule has 0 aliphatic heterocycles. The smallest absolute Gasteiger partial charge is 0.344 e. The Balaban J connectivity index is 1.39. The number of hydrazone groups is 1. The third kappa shape index (κ3) is 7.89. The van der Waals surface area contributed by atoms with Gasteiger partial charge in [-0.15, -0.1) is 0 Å². The van der Waals surface area contributed by atoms with Gasteiger partial charge in [-0.05, 0) is 82.5 Å². The average molecular weight is 550 g/mol. The topological polar surface area (TPSA) is 77.0 Å². The zero-order chi connectivity index (χ0) is 23.6. The molecule has 170 valence electrons. The molecule has 0 saturated heterocycles. The Morgan fingerprint density at radius 3 is 2.52 bits per heavy atom. The van der Waals surface area contributed by atoms with E-state index in [9.17, 15) is 9.59 Å². The molecule has 6 nitrogen and oxygen atoms in total. The van der Waals surface area contributed by atoms with E-state index < -0.39 is 5.97 Å². The van der Waals surface area contributed by atoms with Crippen molar-refractivity contribution in [2.24, 2.45) is 5.10 Å². The summed E-state index contributed by atoms with van der Waals surface area (Å²) in [5.74, 6) is 0.220. The molecule has 9 heteroatoms. The van der Waals surface area contributed by atoms with Gasteiger partial charge in [-0.1, -0.05) is 35.3 Å². The predicted octanol–water partition coefficient (Wildman–Crippen LogP) is 6.28. The second-order valence-corrected chi connectivity index (χ2v) is 8.46. The highest BCUT2D eigenvalue weighted by atomic mass is 79.9. The van der Waals surface area contributed by atoms with Crippen LogP contribution in [0.2, 0.25) is 10.0 Å². The third-order valence-electron chi connectivity index (χ3n) is 4.29. The highest BCUT2D eigenvalue weighted by molar-refractivity contribution is 9.10. The zero-order valence-corrected chi connectivity index (χ0v) is 20.4. The van der Waals surface area contributed by atoms with Crippen LogP contribution in [0.1, 0.15) is 28.8 Å². The lowest BCUT2D eigenvalue weighted by Gasteiger charge is -2.07. The summed E-state index contributed by atoms with van der Waals surface area (Å²) < 4.78 is 11.6. The zero-order valence-electron chi connectivity index (χ0n) is 17.3. The van der Waals surface area contributed by atoms with Gasteiger partial charge in [0.2, 0.25) is 5.91 Å². The first-order valence-corrected chi connectivity index (χ1v) is 11.4. The average Bonchev–Trinajstić information content (AvgIpc) is 2.79. The van der Waals surface area contributed by atoms with Crippen molar-refractivity contribution in [1.82, 2.24) is 5.43 Å². The molecule has 1 N–H and O–H groups in total. The molecule has 0 fully saturated rings. The van der Waals surface area contributed by atoms with Crippen LogP contribution in [0.3, 0.4) is 0 Å². The Kier molecular flexibility index (Phi) is 9.30. The standard InChI is InChI=1S/C24H19BrCl2N2O4/c25-20-5-2-1-4-19(20)24(31)33-18-10-7-16(8-11-18)15-28-29-23(30)6-3-13-32-22-12-9-17(26)14-21(22)27/h1-2,4-5,7-12,14-15H,3,6,13H2,(H,29,30). The second-order valence-electron chi connectivity index (χ2n) is 6.76. The molecule has 0 atom stereocenters. The van der Waals surface area contributed by atoms with Crippen LogP contribution < -0.4 is 14.9 Å². The van der Waals surface area contributed by atoms with Gasteiger partial charge >= 0.3 is 5.97 Å². The summed E-state index contributed by atoms with van der Waals surface area (Å²) in [5.41, 5.74) is 3.63. The number of hydrogen-bond acceptors (Lipinski definition) is 5. The van der Waals surface area contributed by atoms with Gasteiger partial charge in [0.1, 0.15) is 11.5 Å². The maximum Gasteiger partial charge on any atom is 0.344 e. The second kappa shape index (κ2) is 12.4. The molecule has 3 rings (SSSR count). The van der Waals surface area contributed by atoms with Gasteiger partial charge in [0.15, 0.2) is 0 Å². The van der Waals surface area contributed by atoms with Crippen molar-refractivity contribution in [2.75, 3.05) is 6.61 Å². The Morgan fingerprint density at radius 2 is 1.79 bits per heavy atom. The van der Waals surface area contributed by atoms with Crippen LogP contribution in [-0.4, -0.2) is 24.7 Å². The summed E-state index contributed by atoms with van der Waals surface area (Å²) >= 11 is 15.2. The molecule has 0 saturated carbocycles. The molecule has 0 bridgehead atoms. The summed E-state index contributed by atoms with van der Waals surface area (Å²) in [6.07, 6.45) is 2.24. The lowest BCUT2D eigenvalue weighted by molar-refractivity contribution is -0.121. The van der Waals surface area contributed by atoms with Gasteiger partial charge in [0.25, 0.3) is 0 Å². The normalized spacial score (nSPS) is 10.8. The van der Waals surface area contributed by atoms with Crippen LogP contribution in [0.4, 0.5) is 0 Å². The van der Waals surface area contributed by atoms with Gasteiger partial charge in [0.05, 0.1) is 23.4 Å². The monoisotopic (exact) mass is 548 g/mol. The highest BCUT2D eigenvalue weighted by Gasteiger charge is 2.11. The SMILES string of the molecule is O=C(CCCOc1ccc(Cl)cc1Cl)NN=Cc1ccc(OC(=O)c2ccccc2Br)cc1. The van der Waals surface area contributed by atoms with E-state index in [0.717, 1.165) is 5.56 Å².